The van der Waals surface area contributed by atoms with Crippen LogP contribution in [0.5, 0.6) is 0 Å². The van der Waals surface area contributed by atoms with Crippen molar-refractivity contribution in [2.45, 2.75) is 23.4 Å². The molecule has 0 aliphatic carbocycles. The van der Waals surface area contributed by atoms with Gasteiger partial charge in [-0.2, -0.15) is 5.26 Å². The van der Waals surface area contributed by atoms with Gasteiger partial charge in [0, 0.05) is 28.6 Å². The van der Waals surface area contributed by atoms with E-state index in [-0.39, 0.29) is 17.0 Å². The molecule has 1 aromatic rings. The van der Waals surface area contributed by atoms with Crippen LogP contribution in [0.3, 0.4) is 0 Å². The molecular weight excluding hydrogens is 438 g/mol. The Labute approximate surface area is 146 Å². The van der Waals surface area contributed by atoms with Gasteiger partial charge in [0.15, 0.2) is 6.19 Å². The molecule has 6 nitrogen and oxygen atoms in total. The van der Waals surface area contributed by atoms with Crippen molar-refractivity contribution in [3.8, 4) is 6.19 Å². The predicted octanol–water partition coefficient (Wildman–Crippen LogP) is 2.06. The topological polar surface area (TPSA) is 82.4 Å². The predicted molar refractivity (Wildman–Crippen MR) is 88.6 cm³/mol. The quantitative estimate of drug-likeness (QED) is 0.691. The number of benzene rings is 1. The Morgan fingerprint density at radius 1 is 1.50 bits per heavy atom. The van der Waals surface area contributed by atoms with Crippen LogP contribution in [0.1, 0.15) is 6.42 Å². The highest BCUT2D eigenvalue weighted by molar-refractivity contribution is 9.11. The second-order valence-electron chi connectivity index (χ2n) is 4.99. The van der Waals surface area contributed by atoms with E-state index >= 15 is 0 Å². The first kappa shape index (κ1) is 17.7. The normalized spacial score (nSPS) is 21.8. The molecule has 0 saturated carbocycles. The molecule has 0 spiro atoms. The van der Waals surface area contributed by atoms with Gasteiger partial charge in [-0.25, -0.2) is 13.1 Å². The van der Waals surface area contributed by atoms with Crippen molar-refractivity contribution >= 4 is 41.9 Å². The summed E-state index contributed by atoms with van der Waals surface area (Å²) in [6, 6.07) is 4.54. The number of methoxy groups -OCH3 is 1. The van der Waals surface area contributed by atoms with E-state index in [0.29, 0.717) is 28.5 Å². The van der Waals surface area contributed by atoms with E-state index in [1.165, 1.54) is 6.07 Å². The number of sulfonamides is 1. The zero-order chi connectivity index (χ0) is 16.3. The maximum absolute atomic E-state index is 12.5. The summed E-state index contributed by atoms with van der Waals surface area (Å²) in [5.74, 6) is 0. The van der Waals surface area contributed by atoms with Crippen LogP contribution in [-0.4, -0.2) is 45.7 Å². The summed E-state index contributed by atoms with van der Waals surface area (Å²) in [4.78, 5) is 1.72. The first-order valence-electron chi connectivity index (χ1n) is 6.50. The standard InChI is InChI=1S/C13H15Br2N3O3S/c1-21-7-11-5-10(6-18(11)8-16)17-22(19,20)13-4-9(14)2-3-12(13)15/h2-4,10-11,17H,5-7H2,1H3/t10-,11-/m1/s1. The van der Waals surface area contributed by atoms with Crippen LogP contribution in [0.2, 0.25) is 0 Å². The first-order valence-corrected chi connectivity index (χ1v) is 9.57. The summed E-state index contributed by atoms with van der Waals surface area (Å²) in [6.07, 6.45) is 2.61. The molecule has 120 valence electrons. The van der Waals surface area contributed by atoms with Gasteiger partial charge in [-0.05, 0) is 40.5 Å². The zero-order valence-electron chi connectivity index (χ0n) is 11.8. The minimum absolute atomic E-state index is 0.103. The number of nitriles is 1. The molecule has 1 saturated heterocycles. The number of hydrogen-bond donors (Lipinski definition) is 1. The molecule has 1 heterocycles. The molecule has 1 aromatic carbocycles. The number of halogens is 2. The number of ether oxygens (including phenoxy) is 1. The maximum atomic E-state index is 12.5. The van der Waals surface area contributed by atoms with Gasteiger partial charge in [0.1, 0.15) is 0 Å². The highest BCUT2D eigenvalue weighted by atomic mass is 79.9. The third-order valence-electron chi connectivity index (χ3n) is 3.41. The maximum Gasteiger partial charge on any atom is 0.242 e. The Bertz CT molecular complexity index is 690. The number of nitrogens with zero attached hydrogens (tertiary/aromatic N) is 2. The van der Waals surface area contributed by atoms with Gasteiger partial charge in [-0.3, -0.25) is 0 Å². The van der Waals surface area contributed by atoms with Crippen molar-refractivity contribution in [2.75, 3.05) is 20.3 Å². The van der Waals surface area contributed by atoms with Crippen molar-refractivity contribution in [1.29, 1.82) is 5.26 Å². The summed E-state index contributed by atoms with van der Waals surface area (Å²) in [6.45, 7) is 0.738. The van der Waals surface area contributed by atoms with Crippen molar-refractivity contribution in [3.05, 3.63) is 27.1 Å². The van der Waals surface area contributed by atoms with Gasteiger partial charge in [0.25, 0.3) is 0 Å². The highest BCUT2D eigenvalue weighted by Gasteiger charge is 2.34. The van der Waals surface area contributed by atoms with Crippen LogP contribution in [-0.2, 0) is 14.8 Å². The molecule has 2 rings (SSSR count). The first-order chi connectivity index (χ1) is 10.4. The third-order valence-corrected chi connectivity index (χ3v) is 6.41. The lowest BCUT2D eigenvalue weighted by Gasteiger charge is -2.16. The van der Waals surface area contributed by atoms with Gasteiger partial charge in [-0.15, -0.1) is 0 Å². The molecule has 22 heavy (non-hydrogen) atoms. The minimum Gasteiger partial charge on any atom is -0.383 e. The molecule has 0 unspecified atom stereocenters. The van der Waals surface area contributed by atoms with Crippen molar-refractivity contribution in [3.63, 3.8) is 0 Å². The van der Waals surface area contributed by atoms with Crippen LogP contribution in [0, 0.1) is 11.5 Å². The average Bonchev–Trinajstić information content (AvgIpc) is 2.83. The fourth-order valence-corrected chi connectivity index (χ4v) is 5.18. The number of nitrogens with one attached hydrogen (secondary N) is 1. The van der Waals surface area contributed by atoms with Crippen molar-refractivity contribution in [2.24, 2.45) is 0 Å². The fourth-order valence-electron chi connectivity index (χ4n) is 2.44. The number of rotatable bonds is 5. The summed E-state index contributed by atoms with van der Waals surface area (Å²) in [7, 11) is -2.11. The van der Waals surface area contributed by atoms with E-state index in [1.807, 2.05) is 0 Å². The van der Waals surface area contributed by atoms with Crippen LogP contribution in [0.25, 0.3) is 0 Å². The lowest BCUT2D eigenvalue weighted by Crippen LogP contribution is -2.36. The number of hydrogen-bond acceptors (Lipinski definition) is 5. The van der Waals surface area contributed by atoms with E-state index in [2.05, 4.69) is 42.8 Å². The fraction of sp³-hybridized carbons (Fsp3) is 0.462. The molecule has 1 fully saturated rings. The number of likely N-dealkylation sites (tertiary alicyclic amines) is 1. The Morgan fingerprint density at radius 2 is 2.23 bits per heavy atom. The minimum atomic E-state index is -3.67. The monoisotopic (exact) mass is 451 g/mol. The van der Waals surface area contributed by atoms with E-state index in [1.54, 1.807) is 24.1 Å². The lowest BCUT2D eigenvalue weighted by molar-refractivity contribution is 0.141. The smallest absolute Gasteiger partial charge is 0.242 e. The van der Waals surface area contributed by atoms with Crippen LogP contribution in [0.4, 0.5) is 0 Å². The molecule has 0 amide bonds. The summed E-state index contributed by atoms with van der Waals surface area (Å²) in [5, 5.41) is 9.11. The summed E-state index contributed by atoms with van der Waals surface area (Å²) in [5.41, 5.74) is 0. The molecule has 1 aliphatic heterocycles. The highest BCUT2D eigenvalue weighted by Crippen LogP contribution is 2.27. The van der Waals surface area contributed by atoms with Gasteiger partial charge in [0.2, 0.25) is 10.0 Å². The van der Waals surface area contributed by atoms with Crippen molar-refractivity contribution < 1.29 is 13.2 Å². The SMILES string of the molecule is COC[C@H]1C[C@@H](NS(=O)(=O)c2cc(Br)ccc2Br)CN1C#N. The van der Waals surface area contributed by atoms with Crippen LogP contribution < -0.4 is 4.72 Å². The third kappa shape index (κ3) is 4.00. The largest absolute Gasteiger partial charge is 0.383 e. The molecule has 0 radical (unpaired) electrons. The molecule has 1 aliphatic rings. The molecule has 9 heteroatoms. The average molecular weight is 453 g/mol. The molecule has 2 atom stereocenters. The van der Waals surface area contributed by atoms with Crippen LogP contribution in [0.15, 0.2) is 32.0 Å². The van der Waals surface area contributed by atoms with Crippen molar-refractivity contribution in [1.82, 2.24) is 9.62 Å². The van der Waals surface area contributed by atoms with Crippen LogP contribution >= 0.6 is 31.9 Å². The van der Waals surface area contributed by atoms with Gasteiger partial charge < -0.3 is 9.64 Å². The Hall–Kier alpha value is -0.660. The van der Waals surface area contributed by atoms with E-state index in [9.17, 15) is 8.42 Å². The van der Waals surface area contributed by atoms with Gasteiger partial charge in [-0.1, -0.05) is 15.9 Å². The Kier molecular flexibility index (Phi) is 5.85. The van der Waals surface area contributed by atoms with Gasteiger partial charge >= 0.3 is 0 Å². The second-order valence-corrected chi connectivity index (χ2v) is 8.44. The molecule has 0 bridgehead atoms. The van der Waals surface area contributed by atoms with E-state index in [4.69, 9.17) is 10.00 Å². The molecular formula is C13H15Br2N3O3S. The van der Waals surface area contributed by atoms with E-state index in [0.717, 1.165) is 0 Å². The van der Waals surface area contributed by atoms with E-state index < -0.39 is 10.0 Å². The Morgan fingerprint density at radius 3 is 2.86 bits per heavy atom. The summed E-state index contributed by atoms with van der Waals surface area (Å²) >= 11 is 6.53. The second kappa shape index (κ2) is 7.27. The van der Waals surface area contributed by atoms with Gasteiger partial charge in [0.05, 0.1) is 17.5 Å². The Balaban J connectivity index is 2.16. The molecule has 0 aromatic heterocycles. The molecule has 1 N–H and O–H groups in total. The lowest BCUT2D eigenvalue weighted by atomic mass is 10.2. The zero-order valence-corrected chi connectivity index (χ0v) is 15.8. The summed E-state index contributed by atoms with van der Waals surface area (Å²) < 4.78 is 34.0.